The monoisotopic (exact) mass is 221 g/mol. The lowest BCUT2D eigenvalue weighted by atomic mass is 10.0. The van der Waals surface area contributed by atoms with Crippen LogP contribution >= 0.6 is 0 Å². The highest BCUT2D eigenvalue weighted by Gasteiger charge is 2.08. The van der Waals surface area contributed by atoms with Gasteiger partial charge in [0.05, 0.1) is 0 Å². The lowest BCUT2D eigenvalue weighted by molar-refractivity contribution is 0.498. The van der Waals surface area contributed by atoms with Gasteiger partial charge in [-0.1, -0.05) is 39.0 Å². The molecule has 0 aliphatic carbocycles. The highest BCUT2D eigenvalue weighted by atomic mass is 14.9. The van der Waals surface area contributed by atoms with Crippen LogP contribution in [0.1, 0.15) is 57.1 Å². The highest BCUT2D eigenvalue weighted by molar-refractivity contribution is 5.08. The fourth-order valence-corrected chi connectivity index (χ4v) is 1.92. The molecule has 0 amide bonds. The molecule has 0 bridgehead atoms. The van der Waals surface area contributed by atoms with Crippen molar-refractivity contribution in [2.24, 2.45) is 0 Å². The van der Waals surface area contributed by atoms with E-state index in [0.29, 0.717) is 6.04 Å². The van der Waals surface area contributed by atoms with E-state index in [1.807, 2.05) is 19.4 Å². The molecule has 1 atom stereocenters. The minimum absolute atomic E-state index is 0.405. The second kappa shape index (κ2) is 8.22. The Morgan fingerprint density at radius 3 is 2.44 bits per heavy atom. The summed E-state index contributed by atoms with van der Waals surface area (Å²) in [6.07, 6.45) is 13.2. The Labute approximate surface area is 98.7 Å². The second-order valence-electron chi connectivity index (χ2n) is 4.22. The van der Waals surface area contributed by atoms with E-state index >= 15 is 0 Å². The molecule has 90 valence electrons. The predicted octanol–water partition coefficient (Wildman–Crippen LogP) is 3.10. The van der Waals surface area contributed by atoms with Crippen molar-refractivity contribution in [1.29, 1.82) is 0 Å². The van der Waals surface area contributed by atoms with E-state index in [4.69, 9.17) is 0 Å². The van der Waals surface area contributed by atoms with Crippen LogP contribution in [-0.4, -0.2) is 17.0 Å². The quantitative estimate of drug-likeness (QED) is 0.685. The van der Waals surface area contributed by atoms with Crippen LogP contribution in [0.4, 0.5) is 0 Å². The minimum Gasteiger partial charge on any atom is -0.313 e. The van der Waals surface area contributed by atoms with Crippen LogP contribution < -0.4 is 5.32 Å². The number of nitrogens with one attached hydrogen (secondary N) is 1. The van der Waals surface area contributed by atoms with Gasteiger partial charge in [0.1, 0.15) is 6.33 Å². The first-order valence-corrected chi connectivity index (χ1v) is 6.30. The number of nitrogens with zero attached hydrogens (tertiary/aromatic N) is 2. The molecule has 1 aromatic heterocycles. The summed E-state index contributed by atoms with van der Waals surface area (Å²) in [7, 11) is 2.00. The Kier molecular flexibility index (Phi) is 6.74. The zero-order valence-electron chi connectivity index (χ0n) is 10.4. The smallest absolute Gasteiger partial charge is 0.115 e. The normalized spacial score (nSPS) is 12.6. The van der Waals surface area contributed by atoms with Crippen molar-refractivity contribution >= 4 is 0 Å². The number of unbranched alkanes of at least 4 members (excludes halogenated alkanes) is 4. The van der Waals surface area contributed by atoms with E-state index in [2.05, 4.69) is 22.2 Å². The summed E-state index contributed by atoms with van der Waals surface area (Å²) in [6, 6.07) is 0.405. The molecule has 0 saturated heterocycles. The highest BCUT2D eigenvalue weighted by Crippen LogP contribution is 2.18. The van der Waals surface area contributed by atoms with E-state index in [-0.39, 0.29) is 0 Å². The fraction of sp³-hybridized carbons (Fsp3) is 0.692. The van der Waals surface area contributed by atoms with Crippen molar-refractivity contribution in [2.75, 3.05) is 7.05 Å². The standard InChI is InChI=1S/C13H23N3/c1-3-4-5-6-7-8-13(14-2)12-9-15-11-16-10-12/h9-11,13-14H,3-8H2,1-2H3. The van der Waals surface area contributed by atoms with Crippen LogP contribution in [0.25, 0.3) is 0 Å². The average Bonchev–Trinajstić information content (AvgIpc) is 2.35. The summed E-state index contributed by atoms with van der Waals surface area (Å²) in [5, 5.41) is 3.33. The first-order valence-electron chi connectivity index (χ1n) is 6.30. The van der Waals surface area contributed by atoms with Crippen molar-refractivity contribution in [3.05, 3.63) is 24.3 Å². The Hall–Kier alpha value is -0.960. The SMILES string of the molecule is CCCCCCCC(NC)c1cncnc1. The van der Waals surface area contributed by atoms with Crippen molar-refractivity contribution in [3.63, 3.8) is 0 Å². The van der Waals surface area contributed by atoms with Gasteiger partial charge in [-0.05, 0) is 13.5 Å². The third-order valence-electron chi connectivity index (χ3n) is 2.93. The summed E-state index contributed by atoms with van der Waals surface area (Å²) in [5.41, 5.74) is 1.19. The molecule has 0 aromatic carbocycles. The molecular weight excluding hydrogens is 198 g/mol. The maximum atomic E-state index is 4.06. The van der Waals surface area contributed by atoms with Gasteiger partial charge >= 0.3 is 0 Å². The fourth-order valence-electron chi connectivity index (χ4n) is 1.92. The summed E-state index contributed by atoms with van der Waals surface area (Å²) >= 11 is 0. The number of hydrogen-bond donors (Lipinski definition) is 1. The van der Waals surface area contributed by atoms with Crippen molar-refractivity contribution in [1.82, 2.24) is 15.3 Å². The van der Waals surface area contributed by atoms with Crippen LogP contribution in [0.5, 0.6) is 0 Å². The van der Waals surface area contributed by atoms with Gasteiger partial charge in [0.2, 0.25) is 0 Å². The third kappa shape index (κ3) is 4.71. The van der Waals surface area contributed by atoms with E-state index in [9.17, 15) is 0 Å². The van der Waals surface area contributed by atoms with Gasteiger partial charge in [-0.3, -0.25) is 0 Å². The lowest BCUT2D eigenvalue weighted by Gasteiger charge is -2.15. The number of rotatable bonds is 8. The van der Waals surface area contributed by atoms with Gasteiger partial charge < -0.3 is 5.32 Å². The molecule has 1 rings (SSSR count). The Morgan fingerprint density at radius 2 is 1.81 bits per heavy atom. The predicted molar refractivity (Wildman–Crippen MR) is 67.2 cm³/mol. The molecule has 3 nitrogen and oxygen atoms in total. The van der Waals surface area contributed by atoms with E-state index in [0.717, 1.165) is 0 Å². The van der Waals surface area contributed by atoms with Crippen LogP contribution in [0.3, 0.4) is 0 Å². The van der Waals surface area contributed by atoms with E-state index in [1.165, 1.54) is 44.1 Å². The molecule has 1 N–H and O–H groups in total. The van der Waals surface area contributed by atoms with E-state index in [1.54, 1.807) is 6.33 Å². The summed E-state index contributed by atoms with van der Waals surface area (Å²) < 4.78 is 0. The molecule has 1 aromatic rings. The molecule has 16 heavy (non-hydrogen) atoms. The molecule has 0 aliphatic heterocycles. The topological polar surface area (TPSA) is 37.8 Å². The van der Waals surface area contributed by atoms with E-state index < -0.39 is 0 Å². The molecule has 0 spiro atoms. The van der Waals surface area contributed by atoms with Crippen LogP contribution in [-0.2, 0) is 0 Å². The Balaban J connectivity index is 2.27. The minimum atomic E-state index is 0.405. The average molecular weight is 221 g/mol. The summed E-state index contributed by atoms with van der Waals surface area (Å²) in [5.74, 6) is 0. The van der Waals surface area contributed by atoms with Gasteiger partial charge in [-0.25, -0.2) is 9.97 Å². The first kappa shape index (κ1) is 13.1. The number of aromatic nitrogens is 2. The second-order valence-corrected chi connectivity index (χ2v) is 4.22. The zero-order chi connectivity index (χ0) is 11.6. The van der Waals surface area contributed by atoms with Crippen molar-refractivity contribution < 1.29 is 0 Å². The molecule has 0 saturated carbocycles. The van der Waals surface area contributed by atoms with Gasteiger partial charge in [-0.15, -0.1) is 0 Å². The van der Waals surface area contributed by atoms with Crippen molar-refractivity contribution in [2.45, 2.75) is 51.5 Å². The maximum absolute atomic E-state index is 4.06. The Bertz CT molecular complexity index is 261. The van der Waals surface area contributed by atoms with Gasteiger partial charge in [-0.2, -0.15) is 0 Å². The largest absolute Gasteiger partial charge is 0.313 e. The summed E-state index contributed by atoms with van der Waals surface area (Å²) in [4.78, 5) is 8.12. The third-order valence-corrected chi connectivity index (χ3v) is 2.93. The zero-order valence-corrected chi connectivity index (χ0v) is 10.4. The Morgan fingerprint density at radius 1 is 1.12 bits per heavy atom. The first-order chi connectivity index (χ1) is 7.88. The van der Waals surface area contributed by atoms with Crippen LogP contribution in [0.2, 0.25) is 0 Å². The van der Waals surface area contributed by atoms with Gasteiger partial charge in [0, 0.05) is 24.0 Å². The lowest BCUT2D eigenvalue weighted by Crippen LogP contribution is -2.16. The summed E-state index contributed by atoms with van der Waals surface area (Å²) in [6.45, 7) is 2.25. The van der Waals surface area contributed by atoms with Crippen LogP contribution in [0.15, 0.2) is 18.7 Å². The van der Waals surface area contributed by atoms with Crippen LogP contribution in [0, 0.1) is 0 Å². The van der Waals surface area contributed by atoms with Gasteiger partial charge in [0.25, 0.3) is 0 Å². The molecule has 0 aliphatic rings. The molecule has 1 unspecified atom stereocenters. The molecular formula is C13H23N3. The number of hydrogen-bond acceptors (Lipinski definition) is 3. The van der Waals surface area contributed by atoms with Crippen molar-refractivity contribution in [3.8, 4) is 0 Å². The maximum Gasteiger partial charge on any atom is 0.115 e. The molecule has 1 heterocycles. The van der Waals surface area contributed by atoms with Gasteiger partial charge in [0.15, 0.2) is 0 Å². The molecule has 0 radical (unpaired) electrons. The molecule has 0 fully saturated rings. The molecule has 3 heteroatoms.